The van der Waals surface area contributed by atoms with Crippen molar-refractivity contribution in [3.63, 3.8) is 0 Å². The number of fused-ring (bicyclic) bond motifs is 2. The summed E-state index contributed by atoms with van der Waals surface area (Å²) < 4.78 is 6.19. The van der Waals surface area contributed by atoms with Gasteiger partial charge < -0.3 is 24.5 Å². The Morgan fingerprint density at radius 1 is 1.22 bits per heavy atom. The predicted octanol–water partition coefficient (Wildman–Crippen LogP) is 3.90. The third-order valence-electron chi connectivity index (χ3n) is 9.76. The summed E-state index contributed by atoms with van der Waals surface area (Å²) in [5, 5.41) is 19.1. The summed E-state index contributed by atoms with van der Waals surface area (Å²) in [6.07, 6.45) is 4.10. The smallest absolute Gasteiger partial charge is 0.407 e. The maximum absolute atomic E-state index is 14.5. The van der Waals surface area contributed by atoms with Crippen LogP contribution in [0.5, 0.6) is 6.01 Å². The molecule has 2 saturated heterocycles. The Hall–Kier alpha value is -3.71. The summed E-state index contributed by atoms with van der Waals surface area (Å²) in [5.41, 5.74) is 3.31. The van der Waals surface area contributed by atoms with E-state index in [2.05, 4.69) is 43.1 Å². The number of hydrogen-bond acceptors (Lipinski definition) is 8. The van der Waals surface area contributed by atoms with E-state index in [1.807, 2.05) is 11.0 Å². The van der Waals surface area contributed by atoms with Crippen molar-refractivity contribution in [1.29, 1.82) is 5.26 Å². The molecule has 0 radical (unpaired) electrons. The fourth-order valence-electron chi connectivity index (χ4n) is 7.54. The van der Waals surface area contributed by atoms with Gasteiger partial charge in [0.1, 0.15) is 18.1 Å². The van der Waals surface area contributed by atoms with Crippen molar-refractivity contribution in [3.8, 4) is 12.1 Å². The molecule has 10 nitrogen and oxygen atoms in total. The second-order valence-electron chi connectivity index (χ2n) is 12.3. The molecule has 0 bridgehead atoms. The maximum atomic E-state index is 14.5. The van der Waals surface area contributed by atoms with Crippen LogP contribution < -0.4 is 9.64 Å². The Bertz CT molecular complexity index is 1390. The van der Waals surface area contributed by atoms with E-state index >= 15 is 0 Å². The molecule has 6 rings (SSSR count). The highest BCUT2D eigenvalue weighted by Gasteiger charge is 2.48. The van der Waals surface area contributed by atoms with Crippen molar-refractivity contribution in [3.05, 3.63) is 46.6 Å². The van der Waals surface area contributed by atoms with Gasteiger partial charge in [0.05, 0.1) is 18.5 Å². The minimum atomic E-state index is -1.02. The molecular formula is C31H38N6O4. The molecule has 1 aromatic carbocycles. The molecule has 41 heavy (non-hydrogen) atoms. The number of rotatable bonds is 5. The molecule has 216 valence electrons. The van der Waals surface area contributed by atoms with Gasteiger partial charge in [0.2, 0.25) is 0 Å². The lowest BCUT2D eigenvalue weighted by Crippen LogP contribution is -2.55. The minimum Gasteiger partial charge on any atom is -0.465 e. The van der Waals surface area contributed by atoms with Crippen molar-refractivity contribution in [2.24, 2.45) is 5.41 Å². The molecule has 4 aliphatic rings. The Balaban J connectivity index is 1.36. The topological polar surface area (TPSA) is 123 Å². The minimum absolute atomic E-state index is 0.0596. The quantitative estimate of drug-likeness (QED) is 0.582. The van der Waals surface area contributed by atoms with Crippen molar-refractivity contribution in [2.45, 2.75) is 69.9 Å². The molecule has 1 N–H and O–H groups in total. The number of benzene rings is 1. The van der Waals surface area contributed by atoms with E-state index in [1.165, 1.54) is 16.0 Å². The SMILES string of the molecule is CC1CC2(CCc3c(nc(OC[C@@H]4CCCN4C)nc3N3CCN(C(=O)O)[C@@H](CC#N)C3)C2=O)Cc2ccccc21. The summed E-state index contributed by atoms with van der Waals surface area (Å²) >= 11 is 0. The molecule has 3 heterocycles. The number of ketones is 1. The monoisotopic (exact) mass is 558 g/mol. The molecular weight excluding hydrogens is 520 g/mol. The van der Waals surface area contributed by atoms with Gasteiger partial charge in [-0.2, -0.15) is 15.2 Å². The van der Waals surface area contributed by atoms with Gasteiger partial charge >= 0.3 is 12.1 Å². The number of hydrogen-bond donors (Lipinski definition) is 1. The van der Waals surface area contributed by atoms with Gasteiger partial charge in [0.25, 0.3) is 0 Å². The van der Waals surface area contributed by atoms with Crippen LogP contribution in [0.4, 0.5) is 10.6 Å². The molecule has 4 atom stereocenters. The Morgan fingerprint density at radius 2 is 2.05 bits per heavy atom. The van der Waals surface area contributed by atoms with Gasteiger partial charge in [-0.1, -0.05) is 31.2 Å². The van der Waals surface area contributed by atoms with Crippen molar-refractivity contribution >= 4 is 17.7 Å². The average Bonchev–Trinajstić information content (AvgIpc) is 3.38. The van der Waals surface area contributed by atoms with Gasteiger partial charge in [0, 0.05) is 36.7 Å². The highest BCUT2D eigenvalue weighted by Crippen LogP contribution is 2.50. The van der Waals surface area contributed by atoms with Crippen LogP contribution in [-0.4, -0.2) is 88.7 Å². The second-order valence-corrected chi connectivity index (χ2v) is 12.3. The Labute approximate surface area is 240 Å². The third kappa shape index (κ3) is 5.01. The Kier molecular flexibility index (Phi) is 7.32. The number of ether oxygens (including phenoxy) is 1. The van der Waals surface area contributed by atoms with Crippen LogP contribution in [0.3, 0.4) is 0 Å². The fourth-order valence-corrected chi connectivity index (χ4v) is 7.54. The number of likely N-dealkylation sites (N-methyl/N-ethyl adjacent to an activating group) is 1. The number of nitrogens with zero attached hydrogens (tertiary/aromatic N) is 6. The number of piperazine rings is 1. The van der Waals surface area contributed by atoms with E-state index in [9.17, 15) is 20.0 Å². The summed E-state index contributed by atoms with van der Waals surface area (Å²) in [6, 6.07) is 10.6. The zero-order chi connectivity index (χ0) is 28.7. The van der Waals surface area contributed by atoms with Gasteiger partial charge in [-0.3, -0.25) is 4.79 Å². The predicted molar refractivity (Wildman–Crippen MR) is 152 cm³/mol. The number of amides is 1. The number of Topliss-reactive ketones (excluding diaryl/α,β-unsaturated/α-hetero) is 1. The number of likely N-dealkylation sites (tertiary alicyclic amines) is 1. The molecule has 2 unspecified atom stereocenters. The van der Waals surface area contributed by atoms with Crippen LogP contribution in [0.1, 0.15) is 72.1 Å². The zero-order valence-corrected chi connectivity index (χ0v) is 23.9. The number of nitriles is 1. The van der Waals surface area contributed by atoms with Crippen LogP contribution in [0.15, 0.2) is 24.3 Å². The lowest BCUT2D eigenvalue weighted by molar-refractivity contribution is 0.0698. The first-order valence-electron chi connectivity index (χ1n) is 14.8. The molecule has 0 saturated carbocycles. The van der Waals surface area contributed by atoms with E-state index in [1.54, 1.807) is 0 Å². The van der Waals surface area contributed by atoms with Crippen LogP contribution in [0.2, 0.25) is 0 Å². The zero-order valence-electron chi connectivity index (χ0n) is 23.9. The van der Waals surface area contributed by atoms with Gasteiger partial charge in [-0.05, 0) is 69.2 Å². The second kappa shape index (κ2) is 10.9. The normalized spacial score (nSPS) is 27.8. The first kappa shape index (κ1) is 27.5. The number of anilines is 1. The van der Waals surface area contributed by atoms with Gasteiger partial charge in [-0.25, -0.2) is 4.79 Å². The van der Waals surface area contributed by atoms with E-state index in [-0.39, 0.29) is 36.7 Å². The molecule has 1 aromatic heterocycles. The van der Waals surface area contributed by atoms with Crippen LogP contribution in [-0.2, 0) is 12.8 Å². The number of aromatic nitrogens is 2. The maximum Gasteiger partial charge on any atom is 0.407 e. The largest absolute Gasteiger partial charge is 0.465 e. The fraction of sp³-hybridized carbons (Fsp3) is 0.581. The summed E-state index contributed by atoms with van der Waals surface area (Å²) in [5.74, 6) is 0.978. The summed E-state index contributed by atoms with van der Waals surface area (Å²) in [4.78, 5) is 41.6. The first-order chi connectivity index (χ1) is 19.8. The number of carbonyl (C=O) groups excluding carboxylic acids is 1. The van der Waals surface area contributed by atoms with Crippen LogP contribution in [0.25, 0.3) is 0 Å². The molecule has 1 amide bonds. The standard InChI is InChI=1S/C31H38N6O4/c1-20-16-31(17-21-6-3-4-8-24(20)21)11-9-25-26(27(31)38)33-29(41-19-23-7-5-13-35(23)2)34-28(25)36-14-15-37(30(39)40)22(18-36)10-12-32/h3-4,6,8,20,22-23H,5,7,9-11,13-19H2,1-2H3,(H,39,40)/t20?,22-,23-,31?/m0/s1. The lowest BCUT2D eigenvalue weighted by atomic mass is 9.60. The van der Waals surface area contributed by atoms with E-state index in [0.717, 1.165) is 37.8 Å². The van der Waals surface area contributed by atoms with Crippen molar-refractivity contribution < 1.29 is 19.4 Å². The summed E-state index contributed by atoms with van der Waals surface area (Å²) in [6.45, 7) is 4.69. The molecule has 1 spiro atoms. The average molecular weight is 559 g/mol. The van der Waals surface area contributed by atoms with Gasteiger partial charge in [-0.15, -0.1) is 0 Å². The van der Waals surface area contributed by atoms with Crippen LogP contribution in [0, 0.1) is 16.7 Å². The van der Waals surface area contributed by atoms with Crippen molar-refractivity contribution in [1.82, 2.24) is 19.8 Å². The van der Waals surface area contributed by atoms with Crippen molar-refractivity contribution in [2.75, 3.05) is 44.7 Å². The molecule has 2 aromatic rings. The molecule has 2 fully saturated rings. The number of carbonyl (C=O) groups is 2. The third-order valence-corrected chi connectivity index (χ3v) is 9.76. The van der Waals surface area contributed by atoms with E-state index in [0.29, 0.717) is 44.0 Å². The van der Waals surface area contributed by atoms with E-state index in [4.69, 9.17) is 14.7 Å². The van der Waals surface area contributed by atoms with Gasteiger partial charge in [0.15, 0.2) is 5.78 Å². The molecule has 2 aliphatic carbocycles. The molecule has 2 aliphatic heterocycles. The Morgan fingerprint density at radius 3 is 2.80 bits per heavy atom. The lowest BCUT2D eigenvalue weighted by Gasteiger charge is -2.44. The van der Waals surface area contributed by atoms with E-state index < -0.39 is 17.6 Å². The molecule has 10 heteroatoms. The highest BCUT2D eigenvalue weighted by molar-refractivity contribution is 6.02. The van der Waals surface area contributed by atoms with Crippen LogP contribution >= 0.6 is 0 Å². The highest BCUT2D eigenvalue weighted by atomic mass is 16.5. The number of carboxylic acid groups (broad SMARTS) is 1. The first-order valence-corrected chi connectivity index (χ1v) is 14.8. The summed E-state index contributed by atoms with van der Waals surface area (Å²) in [7, 11) is 2.09.